The van der Waals surface area contributed by atoms with Gasteiger partial charge in [0.15, 0.2) is 0 Å². The Bertz CT molecular complexity index is 1290. The van der Waals surface area contributed by atoms with E-state index in [2.05, 4.69) is 34.9 Å². The van der Waals surface area contributed by atoms with E-state index in [1.807, 2.05) is 66.7 Å². The molecule has 0 bridgehead atoms. The predicted octanol–water partition coefficient (Wildman–Crippen LogP) is 5.57. The Kier molecular flexibility index (Phi) is 4.64. The maximum absolute atomic E-state index is 13.6. The van der Waals surface area contributed by atoms with Crippen molar-refractivity contribution in [1.82, 2.24) is 0 Å². The van der Waals surface area contributed by atoms with Crippen molar-refractivity contribution in [2.45, 2.75) is 13.1 Å². The van der Waals surface area contributed by atoms with Gasteiger partial charge in [-0.05, 0) is 47.2 Å². The maximum Gasteiger partial charge on any atom is 0.262 e. The topological polar surface area (TPSA) is 61.4 Å². The van der Waals surface area contributed by atoms with E-state index in [1.165, 1.54) is 6.92 Å². The van der Waals surface area contributed by atoms with Crippen molar-refractivity contribution in [3.05, 3.63) is 102 Å². The summed E-state index contributed by atoms with van der Waals surface area (Å²) in [6.07, 6.45) is -0.375. The van der Waals surface area contributed by atoms with Crippen molar-refractivity contribution in [3.63, 3.8) is 0 Å². The molecule has 0 fully saturated rings. The number of nitrogens with one attached hydrogen (secondary N) is 2. The lowest BCUT2D eigenvalue weighted by Gasteiger charge is -2.38. The quantitative estimate of drug-likeness (QED) is 0.467. The first-order valence-corrected chi connectivity index (χ1v) is 10.2. The Balaban J connectivity index is 1.65. The van der Waals surface area contributed by atoms with Crippen LogP contribution < -0.4 is 15.5 Å². The van der Waals surface area contributed by atoms with Gasteiger partial charge in [-0.2, -0.15) is 0 Å². The lowest BCUT2D eigenvalue weighted by molar-refractivity contribution is -0.114. The third-order valence-corrected chi connectivity index (χ3v) is 5.51. The van der Waals surface area contributed by atoms with Crippen molar-refractivity contribution in [1.29, 1.82) is 0 Å². The fourth-order valence-electron chi connectivity index (χ4n) is 4.14. The van der Waals surface area contributed by atoms with Crippen molar-refractivity contribution < 1.29 is 9.59 Å². The largest absolute Gasteiger partial charge is 0.360 e. The van der Waals surface area contributed by atoms with E-state index in [4.69, 9.17) is 0 Å². The highest BCUT2D eigenvalue weighted by atomic mass is 16.2. The zero-order valence-corrected chi connectivity index (χ0v) is 17.0. The summed E-state index contributed by atoms with van der Waals surface area (Å²) in [6, 6.07) is 29.2. The van der Waals surface area contributed by atoms with Crippen molar-refractivity contribution in [2.24, 2.45) is 0 Å². The number of carbonyl (C=O) groups excluding carboxylic acids is 2. The molecule has 4 aromatic carbocycles. The van der Waals surface area contributed by atoms with Crippen LogP contribution in [0.25, 0.3) is 10.8 Å². The number of anilines is 3. The van der Waals surface area contributed by atoms with Gasteiger partial charge in [0.25, 0.3) is 5.91 Å². The SMILES string of the molecule is CC(=O)Nc1ccc(N2C(=O)c3ccccc3N[C@@H]2c2cccc3ccccc23)cc1. The Labute approximate surface area is 180 Å². The molecule has 5 rings (SSSR count). The highest BCUT2D eigenvalue weighted by Crippen LogP contribution is 2.39. The molecule has 152 valence electrons. The van der Waals surface area contributed by atoms with Crippen LogP contribution in [0.15, 0.2) is 91.0 Å². The summed E-state index contributed by atoms with van der Waals surface area (Å²) in [5, 5.41) is 8.55. The van der Waals surface area contributed by atoms with Crippen molar-refractivity contribution in [2.75, 3.05) is 15.5 Å². The average molecular weight is 407 g/mol. The van der Waals surface area contributed by atoms with E-state index >= 15 is 0 Å². The van der Waals surface area contributed by atoms with Gasteiger partial charge in [0.2, 0.25) is 5.91 Å². The molecule has 0 radical (unpaired) electrons. The molecule has 0 saturated carbocycles. The first-order chi connectivity index (χ1) is 15.1. The summed E-state index contributed by atoms with van der Waals surface area (Å²) < 4.78 is 0. The fourth-order valence-corrected chi connectivity index (χ4v) is 4.14. The zero-order chi connectivity index (χ0) is 21.4. The highest BCUT2D eigenvalue weighted by molar-refractivity contribution is 6.12. The summed E-state index contributed by atoms with van der Waals surface area (Å²) in [7, 11) is 0. The summed E-state index contributed by atoms with van der Waals surface area (Å²) in [6.45, 7) is 1.47. The molecule has 4 aromatic rings. The molecule has 0 spiro atoms. The van der Waals surface area contributed by atoms with Crippen LogP contribution in [0.4, 0.5) is 17.1 Å². The third-order valence-electron chi connectivity index (χ3n) is 5.51. The minimum Gasteiger partial charge on any atom is -0.360 e. The maximum atomic E-state index is 13.6. The van der Waals surface area contributed by atoms with Gasteiger partial charge in [0.1, 0.15) is 6.17 Å². The molecular weight excluding hydrogens is 386 g/mol. The van der Waals surface area contributed by atoms with Crippen LogP contribution in [-0.4, -0.2) is 11.8 Å². The standard InChI is InChI=1S/C26H21N3O2/c1-17(30)27-19-13-15-20(16-14-19)29-25(28-24-12-5-4-10-23(24)26(29)31)22-11-6-8-18-7-2-3-9-21(18)22/h2-16,25,28H,1H3,(H,27,30)/t25-/m0/s1. The van der Waals surface area contributed by atoms with Gasteiger partial charge >= 0.3 is 0 Å². The van der Waals surface area contributed by atoms with Crippen molar-refractivity contribution >= 4 is 39.6 Å². The number of amides is 2. The molecule has 0 saturated heterocycles. The molecule has 0 aromatic heterocycles. The van der Waals surface area contributed by atoms with Crippen LogP contribution >= 0.6 is 0 Å². The van der Waals surface area contributed by atoms with Gasteiger partial charge in [0, 0.05) is 29.5 Å². The number of benzene rings is 4. The molecule has 5 nitrogen and oxygen atoms in total. The van der Waals surface area contributed by atoms with E-state index in [0.29, 0.717) is 11.3 Å². The molecule has 1 atom stereocenters. The molecular formula is C26H21N3O2. The summed E-state index contributed by atoms with van der Waals surface area (Å²) in [4.78, 5) is 26.8. The second kappa shape index (κ2) is 7.61. The summed E-state index contributed by atoms with van der Waals surface area (Å²) >= 11 is 0. The predicted molar refractivity (Wildman–Crippen MR) is 124 cm³/mol. The van der Waals surface area contributed by atoms with Gasteiger partial charge < -0.3 is 10.6 Å². The second-order valence-corrected chi connectivity index (χ2v) is 7.56. The Morgan fingerprint density at radius 1 is 0.871 bits per heavy atom. The molecule has 5 heteroatoms. The van der Waals surface area contributed by atoms with E-state index in [9.17, 15) is 9.59 Å². The molecule has 2 N–H and O–H groups in total. The second-order valence-electron chi connectivity index (χ2n) is 7.56. The van der Waals surface area contributed by atoms with Crippen LogP contribution in [-0.2, 0) is 4.79 Å². The fraction of sp³-hybridized carbons (Fsp3) is 0.0769. The number of carbonyl (C=O) groups is 2. The molecule has 0 aliphatic carbocycles. The van der Waals surface area contributed by atoms with E-state index in [-0.39, 0.29) is 18.0 Å². The molecule has 1 aliphatic rings. The first-order valence-electron chi connectivity index (χ1n) is 10.2. The molecule has 1 heterocycles. The minimum absolute atomic E-state index is 0.0699. The normalized spacial score (nSPS) is 15.3. The third kappa shape index (κ3) is 3.40. The number of rotatable bonds is 3. The summed E-state index contributed by atoms with van der Waals surface area (Å²) in [5.74, 6) is -0.203. The number of fused-ring (bicyclic) bond motifs is 2. The lowest BCUT2D eigenvalue weighted by Crippen LogP contribution is -2.43. The van der Waals surface area contributed by atoms with Crippen LogP contribution in [0.2, 0.25) is 0 Å². The van der Waals surface area contributed by atoms with Crippen LogP contribution in [0, 0.1) is 0 Å². The molecule has 31 heavy (non-hydrogen) atoms. The number of nitrogens with zero attached hydrogens (tertiary/aromatic N) is 1. The first kappa shape index (κ1) is 18.9. The average Bonchev–Trinajstić information content (AvgIpc) is 2.79. The van der Waals surface area contributed by atoms with Crippen LogP contribution in [0.5, 0.6) is 0 Å². The van der Waals surface area contributed by atoms with Gasteiger partial charge in [-0.1, -0.05) is 54.6 Å². The molecule has 1 aliphatic heterocycles. The van der Waals surface area contributed by atoms with Gasteiger partial charge in [0.05, 0.1) is 5.56 Å². The molecule has 2 amide bonds. The van der Waals surface area contributed by atoms with Crippen LogP contribution in [0.3, 0.4) is 0 Å². The summed E-state index contributed by atoms with van der Waals surface area (Å²) in [5.41, 5.74) is 3.91. The lowest BCUT2D eigenvalue weighted by atomic mass is 9.98. The molecule has 0 unspecified atom stereocenters. The highest BCUT2D eigenvalue weighted by Gasteiger charge is 2.34. The zero-order valence-electron chi connectivity index (χ0n) is 17.0. The van der Waals surface area contributed by atoms with Gasteiger partial charge in [-0.3, -0.25) is 14.5 Å². The van der Waals surface area contributed by atoms with E-state index in [1.54, 1.807) is 4.90 Å². The Morgan fingerprint density at radius 3 is 2.39 bits per heavy atom. The van der Waals surface area contributed by atoms with Gasteiger partial charge in [-0.25, -0.2) is 0 Å². The number of hydrogen-bond donors (Lipinski definition) is 2. The number of hydrogen-bond acceptors (Lipinski definition) is 3. The van der Waals surface area contributed by atoms with E-state index in [0.717, 1.165) is 27.7 Å². The van der Waals surface area contributed by atoms with E-state index < -0.39 is 0 Å². The van der Waals surface area contributed by atoms with Crippen LogP contribution in [0.1, 0.15) is 29.0 Å². The number of para-hydroxylation sites is 1. The Morgan fingerprint density at radius 2 is 1.58 bits per heavy atom. The Hall–Kier alpha value is -4.12. The monoisotopic (exact) mass is 407 g/mol. The minimum atomic E-state index is -0.375. The van der Waals surface area contributed by atoms with Crippen molar-refractivity contribution in [3.8, 4) is 0 Å². The smallest absolute Gasteiger partial charge is 0.262 e. The van der Waals surface area contributed by atoms with Gasteiger partial charge in [-0.15, -0.1) is 0 Å².